The third-order valence-electron chi connectivity index (χ3n) is 4.45. The molecular formula is C23H25N3O2. The van der Waals surface area contributed by atoms with Crippen LogP contribution in [0.1, 0.15) is 46.8 Å². The largest absolute Gasteiger partial charge is 0.380 e. The summed E-state index contributed by atoms with van der Waals surface area (Å²) in [5, 5.41) is 3.29. The number of hydroxylamine groups is 1. The molecule has 0 saturated heterocycles. The molecule has 144 valence electrons. The molecule has 0 fully saturated rings. The van der Waals surface area contributed by atoms with Crippen LogP contribution in [0.5, 0.6) is 0 Å². The van der Waals surface area contributed by atoms with Crippen molar-refractivity contribution >= 4 is 11.6 Å². The van der Waals surface area contributed by atoms with Crippen molar-refractivity contribution in [1.82, 2.24) is 10.5 Å². The summed E-state index contributed by atoms with van der Waals surface area (Å²) >= 11 is 0. The van der Waals surface area contributed by atoms with Crippen molar-refractivity contribution in [2.24, 2.45) is 0 Å². The lowest BCUT2D eigenvalue weighted by atomic mass is 10.0. The van der Waals surface area contributed by atoms with E-state index in [1.54, 1.807) is 18.5 Å². The van der Waals surface area contributed by atoms with E-state index in [1.807, 2.05) is 42.5 Å². The zero-order valence-corrected chi connectivity index (χ0v) is 16.2. The molecule has 1 amide bonds. The third-order valence-corrected chi connectivity index (χ3v) is 4.45. The maximum absolute atomic E-state index is 12.5. The Balaban J connectivity index is 1.55. The summed E-state index contributed by atoms with van der Waals surface area (Å²) in [6.45, 7) is 5.24. The number of aromatic nitrogens is 1. The van der Waals surface area contributed by atoms with E-state index < -0.39 is 0 Å². The van der Waals surface area contributed by atoms with Crippen LogP contribution in [0.2, 0.25) is 0 Å². The van der Waals surface area contributed by atoms with E-state index in [4.69, 9.17) is 4.84 Å². The highest BCUT2D eigenvalue weighted by Gasteiger charge is 2.11. The van der Waals surface area contributed by atoms with Gasteiger partial charge in [-0.25, -0.2) is 5.48 Å². The van der Waals surface area contributed by atoms with E-state index >= 15 is 0 Å². The predicted octanol–water partition coefficient (Wildman–Crippen LogP) is 4.68. The minimum atomic E-state index is -0.281. The van der Waals surface area contributed by atoms with Gasteiger partial charge in [0.2, 0.25) is 0 Å². The van der Waals surface area contributed by atoms with Crippen LogP contribution < -0.4 is 10.8 Å². The van der Waals surface area contributed by atoms with E-state index in [-0.39, 0.29) is 5.91 Å². The molecule has 0 saturated carbocycles. The number of carbonyl (C=O) groups is 1. The molecule has 5 nitrogen and oxygen atoms in total. The Hall–Kier alpha value is -3.18. The molecule has 3 rings (SSSR count). The van der Waals surface area contributed by atoms with Crippen molar-refractivity contribution < 1.29 is 9.63 Å². The number of pyridine rings is 1. The molecule has 3 aromatic rings. The van der Waals surface area contributed by atoms with E-state index in [2.05, 4.69) is 41.8 Å². The highest BCUT2D eigenvalue weighted by Crippen LogP contribution is 2.17. The number of nitrogens with one attached hydrogen (secondary N) is 2. The SMILES string of the molecule is CC(C)c1ccc(CONC(=O)c2ccccc2NCc2ccncc2)cc1. The van der Waals surface area contributed by atoms with Crippen LogP contribution in [0.15, 0.2) is 73.1 Å². The van der Waals surface area contributed by atoms with E-state index in [9.17, 15) is 4.79 Å². The van der Waals surface area contributed by atoms with Crippen molar-refractivity contribution in [2.75, 3.05) is 5.32 Å². The first-order valence-electron chi connectivity index (χ1n) is 9.36. The minimum absolute atomic E-state index is 0.281. The number of rotatable bonds is 8. The minimum Gasteiger partial charge on any atom is -0.380 e. The fourth-order valence-corrected chi connectivity index (χ4v) is 2.77. The summed E-state index contributed by atoms with van der Waals surface area (Å²) in [5.74, 6) is 0.211. The summed E-state index contributed by atoms with van der Waals surface area (Å²) in [4.78, 5) is 22.0. The Kier molecular flexibility index (Phi) is 6.76. The summed E-state index contributed by atoms with van der Waals surface area (Å²) in [5.41, 5.74) is 7.20. The van der Waals surface area contributed by atoms with Gasteiger partial charge in [0.1, 0.15) is 0 Å². The molecule has 0 aliphatic rings. The standard InChI is InChI=1S/C23H25N3O2/c1-17(2)20-9-7-19(8-10-20)16-28-26-23(27)21-5-3-4-6-22(21)25-15-18-11-13-24-14-12-18/h3-14,17,25H,15-16H2,1-2H3,(H,26,27). The van der Waals surface area contributed by atoms with Gasteiger partial charge in [-0.1, -0.05) is 50.2 Å². The number of benzene rings is 2. The van der Waals surface area contributed by atoms with Gasteiger partial charge in [-0.05, 0) is 46.9 Å². The summed E-state index contributed by atoms with van der Waals surface area (Å²) < 4.78 is 0. The molecule has 0 radical (unpaired) electrons. The second kappa shape index (κ2) is 9.67. The van der Waals surface area contributed by atoms with Gasteiger partial charge < -0.3 is 5.32 Å². The molecule has 1 heterocycles. The van der Waals surface area contributed by atoms with Crippen LogP contribution in [0.25, 0.3) is 0 Å². The summed E-state index contributed by atoms with van der Waals surface area (Å²) in [7, 11) is 0. The first-order valence-corrected chi connectivity index (χ1v) is 9.36. The average Bonchev–Trinajstić information content (AvgIpc) is 2.73. The number of nitrogens with zero attached hydrogens (tertiary/aromatic N) is 1. The molecule has 0 aliphatic heterocycles. The number of carbonyl (C=O) groups excluding carboxylic acids is 1. The number of hydrogen-bond acceptors (Lipinski definition) is 4. The van der Waals surface area contributed by atoms with Gasteiger partial charge in [-0.15, -0.1) is 0 Å². The van der Waals surface area contributed by atoms with Gasteiger partial charge in [0, 0.05) is 24.6 Å². The van der Waals surface area contributed by atoms with Crippen LogP contribution in [0.3, 0.4) is 0 Å². The van der Waals surface area contributed by atoms with Gasteiger partial charge in [0.25, 0.3) is 5.91 Å². The highest BCUT2D eigenvalue weighted by atomic mass is 16.6. The highest BCUT2D eigenvalue weighted by molar-refractivity contribution is 5.98. The Morgan fingerprint density at radius 3 is 2.39 bits per heavy atom. The van der Waals surface area contributed by atoms with Crippen LogP contribution in [-0.2, 0) is 18.0 Å². The molecule has 0 bridgehead atoms. The average molecular weight is 375 g/mol. The normalized spacial score (nSPS) is 10.7. The Bertz CT molecular complexity index is 893. The smallest absolute Gasteiger partial charge is 0.276 e. The maximum atomic E-state index is 12.5. The Morgan fingerprint density at radius 1 is 0.964 bits per heavy atom. The van der Waals surface area contributed by atoms with Crippen molar-refractivity contribution in [3.05, 3.63) is 95.3 Å². The molecule has 2 aromatic carbocycles. The van der Waals surface area contributed by atoms with Crippen LogP contribution in [-0.4, -0.2) is 10.9 Å². The number of amides is 1. The third kappa shape index (κ3) is 5.41. The molecule has 0 aliphatic carbocycles. The van der Waals surface area contributed by atoms with Gasteiger partial charge in [0.15, 0.2) is 0 Å². The van der Waals surface area contributed by atoms with Crippen molar-refractivity contribution in [3.8, 4) is 0 Å². The van der Waals surface area contributed by atoms with Gasteiger partial charge in [-0.2, -0.15) is 0 Å². The van der Waals surface area contributed by atoms with E-state index in [0.717, 1.165) is 16.8 Å². The van der Waals surface area contributed by atoms with E-state index in [1.165, 1.54) is 5.56 Å². The fourth-order valence-electron chi connectivity index (χ4n) is 2.77. The molecule has 5 heteroatoms. The van der Waals surface area contributed by atoms with Gasteiger partial charge in [0.05, 0.1) is 12.2 Å². The van der Waals surface area contributed by atoms with Crippen molar-refractivity contribution in [3.63, 3.8) is 0 Å². The first-order chi connectivity index (χ1) is 13.6. The Labute approximate surface area is 165 Å². The van der Waals surface area contributed by atoms with Crippen LogP contribution >= 0.6 is 0 Å². The summed E-state index contributed by atoms with van der Waals surface area (Å²) in [6.07, 6.45) is 3.49. The number of anilines is 1. The van der Waals surface area contributed by atoms with Crippen molar-refractivity contribution in [1.29, 1.82) is 0 Å². The predicted molar refractivity (Wildman–Crippen MR) is 111 cm³/mol. The molecule has 1 aromatic heterocycles. The molecule has 0 spiro atoms. The second-order valence-electron chi connectivity index (χ2n) is 6.87. The lowest BCUT2D eigenvalue weighted by Gasteiger charge is -2.12. The lowest BCUT2D eigenvalue weighted by Crippen LogP contribution is -2.24. The van der Waals surface area contributed by atoms with Crippen LogP contribution in [0.4, 0.5) is 5.69 Å². The lowest BCUT2D eigenvalue weighted by molar-refractivity contribution is 0.0234. The summed E-state index contributed by atoms with van der Waals surface area (Å²) in [6, 6.07) is 19.4. The molecular weight excluding hydrogens is 350 g/mol. The number of para-hydroxylation sites is 1. The molecule has 2 N–H and O–H groups in total. The zero-order chi connectivity index (χ0) is 19.8. The van der Waals surface area contributed by atoms with Crippen molar-refractivity contribution in [2.45, 2.75) is 32.9 Å². The first kappa shape index (κ1) is 19.6. The number of hydrogen-bond donors (Lipinski definition) is 2. The quantitative estimate of drug-likeness (QED) is 0.561. The molecule has 0 atom stereocenters. The molecule has 28 heavy (non-hydrogen) atoms. The van der Waals surface area contributed by atoms with E-state index in [0.29, 0.717) is 24.6 Å². The Morgan fingerprint density at radius 2 is 1.68 bits per heavy atom. The van der Waals surface area contributed by atoms with Crippen LogP contribution in [0, 0.1) is 0 Å². The zero-order valence-electron chi connectivity index (χ0n) is 16.2. The van der Waals surface area contributed by atoms with Gasteiger partial charge >= 0.3 is 0 Å². The second-order valence-corrected chi connectivity index (χ2v) is 6.87. The fraction of sp³-hybridized carbons (Fsp3) is 0.217. The monoisotopic (exact) mass is 375 g/mol. The topological polar surface area (TPSA) is 63.2 Å². The maximum Gasteiger partial charge on any atom is 0.276 e. The molecule has 0 unspecified atom stereocenters. The van der Waals surface area contributed by atoms with Gasteiger partial charge in [-0.3, -0.25) is 14.6 Å².